The van der Waals surface area contributed by atoms with Crippen molar-refractivity contribution in [3.8, 4) is 17.2 Å². The zero-order chi connectivity index (χ0) is 26.5. The first-order valence-electron chi connectivity index (χ1n) is 11.1. The molecule has 37 heavy (non-hydrogen) atoms. The maximum Gasteiger partial charge on any atom is 0.343 e. The quantitative estimate of drug-likeness (QED) is 0.209. The number of anilines is 1. The third kappa shape index (κ3) is 5.62. The second kappa shape index (κ2) is 11.0. The lowest BCUT2D eigenvalue weighted by molar-refractivity contribution is -0.122. The van der Waals surface area contributed by atoms with Crippen LogP contribution in [0.2, 0.25) is 5.02 Å². The lowest BCUT2D eigenvalue weighted by Crippen LogP contribution is -2.54. The number of nitrogens with zero attached hydrogens (tertiary/aromatic N) is 1. The maximum absolute atomic E-state index is 13.1. The summed E-state index contributed by atoms with van der Waals surface area (Å²) in [6.45, 7) is 2.02. The van der Waals surface area contributed by atoms with E-state index in [0.717, 1.165) is 4.90 Å². The zero-order valence-electron chi connectivity index (χ0n) is 19.8. The molecule has 1 fully saturated rings. The number of benzene rings is 3. The largest absolute Gasteiger partial charge is 0.497 e. The van der Waals surface area contributed by atoms with Crippen LogP contribution in [0.15, 0.2) is 72.3 Å². The van der Waals surface area contributed by atoms with Crippen LogP contribution in [-0.2, 0) is 9.59 Å². The van der Waals surface area contributed by atoms with E-state index < -0.39 is 23.8 Å². The summed E-state index contributed by atoms with van der Waals surface area (Å²) in [5.74, 6) is -1.32. The maximum atomic E-state index is 13.1. The Morgan fingerprint density at radius 3 is 2.32 bits per heavy atom. The summed E-state index contributed by atoms with van der Waals surface area (Å²) in [5.41, 5.74) is 0.716. The van der Waals surface area contributed by atoms with Crippen molar-refractivity contribution in [3.05, 3.63) is 88.5 Å². The smallest absolute Gasteiger partial charge is 0.343 e. The molecule has 3 aromatic rings. The van der Waals surface area contributed by atoms with Gasteiger partial charge in [-0.3, -0.25) is 14.9 Å². The number of imide groups is 2. The number of methoxy groups -OCH3 is 1. The van der Waals surface area contributed by atoms with E-state index in [1.807, 2.05) is 0 Å². The molecule has 0 spiro atoms. The summed E-state index contributed by atoms with van der Waals surface area (Å²) in [6.07, 6.45) is 1.33. The topological polar surface area (TPSA) is 111 Å². The Labute approximate surface area is 217 Å². The summed E-state index contributed by atoms with van der Waals surface area (Å²) < 4.78 is 16.2. The standard InChI is InChI=1S/C27H21ClN2O7/c1-3-36-23-15-16(4-13-22(23)37-26(33)17-5-7-18(28)8-6-17)14-21-24(31)29-27(34)30(25(21)32)19-9-11-20(35-2)12-10-19/h4-15H,3H2,1-2H3,(H,29,31,34)/b21-14+. The molecule has 1 heterocycles. The zero-order valence-corrected chi connectivity index (χ0v) is 20.6. The summed E-state index contributed by atoms with van der Waals surface area (Å²) in [7, 11) is 1.49. The highest BCUT2D eigenvalue weighted by Crippen LogP contribution is 2.31. The molecule has 4 rings (SSSR count). The molecule has 1 saturated heterocycles. The van der Waals surface area contributed by atoms with Crippen LogP contribution >= 0.6 is 11.6 Å². The number of halogens is 1. The van der Waals surface area contributed by atoms with Crippen molar-refractivity contribution in [2.45, 2.75) is 6.92 Å². The lowest BCUT2D eigenvalue weighted by atomic mass is 10.1. The summed E-state index contributed by atoms with van der Waals surface area (Å²) >= 11 is 5.87. The second-order valence-electron chi connectivity index (χ2n) is 7.69. The minimum absolute atomic E-state index is 0.151. The van der Waals surface area contributed by atoms with Crippen LogP contribution in [0.25, 0.3) is 6.08 Å². The van der Waals surface area contributed by atoms with Gasteiger partial charge in [-0.25, -0.2) is 14.5 Å². The van der Waals surface area contributed by atoms with Crippen molar-refractivity contribution in [2.75, 3.05) is 18.6 Å². The van der Waals surface area contributed by atoms with Gasteiger partial charge in [-0.05, 0) is 79.2 Å². The van der Waals surface area contributed by atoms with Gasteiger partial charge >= 0.3 is 12.0 Å². The van der Waals surface area contributed by atoms with Crippen LogP contribution < -0.4 is 24.4 Å². The van der Waals surface area contributed by atoms with Crippen LogP contribution in [0.1, 0.15) is 22.8 Å². The molecule has 188 valence electrons. The molecule has 1 N–H and O–H groups in total. The molecule has 0 unspecified atom stereocenters. The number of rotatable bonds is 7. The summed E-state index contributed by atoms with van der Waals surface area (Å²) in [4.78, 5) is 51.5. The minimum atomic E-state index is -0.864. The van der Waals surface area contributed by atoms with Gasteiger partial charge in [-0.2, -0.15) is 0 Å². The number of esters is 1. The Balaban J connectivity index is 1.62. The van der Waals surface area contributed by atoms with Gasteiger partial charge in [0.15, 0.2) is 11.5 Å². The summed E-state index contributed by atoms with van der Waals surface area (Å²) in [6, 6.07) is 16.2. The van der Waals surface area contributed by atoms with E-state index in [2.05, 4.69) is 5.32 Å². The Morgan fingerprint density at radius 1 is 0.973 bits per heavy atom. The highest BCUT2D eigenvalue weighted by Gasteiger charge is 2.36. The van der Waals surface area contributed by atoms with Crippen molar-refractivity contribution in [2.24, 2.45) is 0 Å². The Hall–Kier alpha value is -4.63. The number of hydrogen-bond donors (Lipinski definition) is 1. The normalized spacial score (nSPS) is 14.4. The molecule has 1 aliphatic heterocycles. The Bertz CT molecular complexity index is 1400. The average molecular weight is 521 g/mol. The molecule has 4 amide bonds. The second-order valence-corrected chi connectivity index (χ2v) is 8.13. The van der Waals surface area contributed by atoms with E-state index in [1.54, 1.807) is 37.3 Å². The van der Waals surface area contributed by atoms with E-state index in [9.17, 15) is 19.2 Å². The minimum Gasteiger partial charge on any atom is -0.497 e. The van der Waals surface area contributed by atoms with Crippen molar-refractivity contribution in [3.63, 3.8) is 0 Å². The average Bonchev–Trinajstić information content (AvgIpc) is 2.88. The van der Waals surface area contributed by atoms with E-state index in [4.69, 9.17) is 25.8 Å². The van der Waals surface area contributed by atoms with Crippen LogP contribution in [0.5, 0.6) is 17.2 Å². The number of urea groups is 1. The third-order valence-corrected chi connectivity index (χ3v) is 5.55. The van der Waals surface area contributed by atoms with Gasteiger partial charge in [0, 0.05) is 5.02 Å². The van der Waals surface area contributed by atoms with Crippen LogP contribution in [-0.4, -0.2) is 37.5 Å². The lowest BCUT2D eigenvalue weighted by Gasteiger charge is -2.26. The van der Waals surface area contributed by atoms with Crippen molar-refractivity contribution in [1.82, 2.24) is 5.32 Å². The van der Waals surface area contributed by atoms with Gasteiger partial charge in [0.25, 0.3) is 11.8 Å². The van der Waals surface area contributed by atoms with Crippen LogP contribution in [0.3, 0.4) is 0 Å². The first-order valence-corrected chi connectivity index (χ1v) is 11.5. The predicted octanol–water partition coefficient (Wildman–Crippen LogP) is 4.63. The van der Waals surface area contributed by atoms with Gasteiger partial charge in [-0.1, -0.05) is 17.7 Å². The molecule has 10 heteroatoms. The van der Waals surface area contributed by atoms with Gasteiger partial charge in [0.2, 0.25) is 0 Å². The van der Waals surface area contributed by atoms with E-state index >= 15 is 0 Å². The van der Waals surface area contributed by atoms with Gasteiger partial charge in [0.05, 0.1) is 25.0 Å². The van der Waals surface area contributed by atoms with Gasteiger partial charge < -0.3 is 14.2 Å². The summed E-state index contributed by atoms with van der Waals surface area (Å²) in [5, 5.41) is 2.66. The van der Waals surface area contributed by atoms with Crippen molar-refractivity contribution in [1.29, 1.82) is 0 Å². The number of carbonyl (C=O) groups is 4. The molecule has 0 atom stereocenters. The number of carbonyl (C=O) groups excluding carboxylic acids is 4. The predicted molar refractivity (Wildman–Crippen MR) is 136 cm³/mol. The van der Waals surface area contributed by atoms with Crippen LogP contribution in [0, 0.1) is 0 Å². The van der Waals surface area contributed by atoms with Gasteiger partial charge in [-0.15, -0.1) is 0 Å². The number of ether oxygens (including phenoxy) is 3. The highest BCUT2D eigenvalue weighted by atomic mass is 35.5. The van der Waals surface area contributed by atoms with Crippen molar-refractivity contribution < 1.29 is 33.4 Å². The fraction of sp³-hybridized carbons (Fsp3) is 0.111. The number of hydrogen-bond acceptors (Lipinski definition) is 7. The number of amides is 4. The highest BCUT2D eigenvalue weighted by molar-refractivity contribution is 6.39. The van der Waals surface area contributed by atoms with E-state index in [-0.39, 0.29) is 29.4 Å². The molecule has 0 saturated carbocycles. The fourth-order valence-corrected chi connectivity index (χ4v) is 3.63. The third-order valence-electron chi connectivity index (χ3n) is 5.29. The molecule has 9 nitrogen and oxygen atoms in total. The number of barbiturate groups is 1. The molecule has 0 radical (unpaired) electrons. The fourth-order valence-electron chi connectivity index (χ4n) is 3.50. The Morgan fingerprint density at radius 2 is 1.68 bits per heavy atom. The Kier molecular flexibility index (Phi) is 7.55. The molecule has 0 aliphatic carbocycles. The molecule has 0 bridgehead atoms. The molecule has 3 aromatic carbocycles. The monoisotopic (exact) mass is 520 g/mol. The van der Waals surface area contributed by atoms with Crippen LogP contribution in [0.4, 0.5) is 10.5 Å². The van der Waals surface area contributed by atoms with E-state index in [0.29, 0.717) is 21.9 Å². The van der Waals surface area contributed by atoms with E-state index in [1.165, 1.54) is 49.6 Å². The van der Waals surface area contributed by atoms with Gasteiger partial charge in [0.1, 0.15) is 11.3 Å². The molecule has 1 aliphatic rings. The molecular formula is C27H21ClN2O7. The first-order chi connectivity index (χ1) is 17.8. The molecule has 0 aromatic heterocycles. The van der Waals surface area contributed by atoms with Crippen molar-refractivity contribution >= 4 is 47.2 Å². The number of nitrogens with one attached hydrogen (secondary N) is 1. The first kappa shape index (κ1) is 25.5. The molecular weight excluding hydrogens is 500 g/mol. The SMILES string of the molecule is CCOc1cc(/C=C2\C(=O)NC(=O)N(c3ccc(OC)cc3)C2=O)ccc1OC(=O)c1ccc(Cl)cc1.